The fourth-order valence-corrected chi connectivity index (χ4v) is 6.29. The van der Waals surface area contributed by atoms with Gasteiger partial charge in [0.15, 0.2) is 0 Å². The summed E-state index contributed by atoms with van der Waals surface area (Å²) in [6.45, 7) is 8.66. The summed E-state index contributed by atoms with van der Waals surface area (Å²) in [5.74, 6) is -2.39. The highest BCUT2D eigenvalue weighted by molar-refractivity contribution is 5.98. The zero-order valence-electron chi connectivity index (χ0n) is 20.7. The maximum Gasteiger partial charge on any atom is 0.312 e. The van der Waals surface area contributed by atoms with Crippen LogP contribution in [0.1, 0.15) is 45.1 Å². The van der Waals surface area contributed by atoms with Crippen LogP contribution in [-0.2, 0) is 30.4 Å². The van der Waals surface area contributed by atoms with Gasteiger partial charge < -0.3 is 24.4 Å². The molecule has 8 nitrogen and oxygen atoms in total. The van der Waals surface area contributed by atoms with Crippen molar-refractivity contribution >= 4 is 17.8 Å². The summed E-state index contributed by atoms with van der Waals surface area (Å²) >= 11 is 0. The number of fused-ring (bicyclic) bond motifs is 1. The molecule has 3 aliphatic heterocycles. The van der Waals surface area contributed by atoms with Gasteiger partial charge in [-0.05, 0) is 45.1 Å². The van der Waals surface area contributed by atoms with E-state index in [4.69, 9.17) is 9.47 Å². The van der Waals surface area contributed by atoms with Gasteiger partial charge in [0.25, 0.3) is 0 Å². The van der Waals surface area contributed by atoms with E-state index in [-0.39, 0.29) is 25.0 Å². The number of unbranched alkanes of at least 4 members (excludes halogenated alkanes) is 1. The van der Waals surface area contributed by atoms with Gasteiger partial charge in [0.05, 0.1) is 18.1 Å². The Bertz CT molecular complexity index is 968. The molecule has 0 radical (unpaired) electrons. The van der Waals surface area contributed by atoms with E-state index in [9.17, 15) is 19.5 Å². The maximum atomic E-state index is 14.2. The number of rotatable bonds is 11. The standard InChI is InChI=1S/C27H36N2O6/c1-4-15-28(18-19-11-7-6-8-12-19)24(32)22-27-14-13-26(3,35-27)21(25(33)34-5-2)20(27)23(31)29(22)16-9-10-17-30/h4,6-8,11-12,20-22,30H,1,5,9-10,13-18H2,2-3H3/t20-,21-,22?,26+,27?/m0/s1. The molecule has 2 unspecified atom stereocenters. The number of likely N-dealkylation sites (tertiary alicyclic amines) is 1. The van der Waals surface area contributed by atoms with E-state index in [0.29, 0.717) is 45.3 Å². The van der Waals surface area contributed by atoms with Gasteiger partial charge in [-0.1, -0.05) is 36.4 Å². The second kappa shape index (κ2) is 10.1. The summed E-state index contributed by atoms with van der Waals surface area (Å²) < 4.78 is 11.9. The fraction of sp³-hybridized carbons (Fsp3) is 0.593. The lowest BCUT2D eigenvalue weighted by atomic mass is 9.66. The first-order valence-corrected chi connectivity index (χ1v) is 12.5. The molecule has 2 amide bonds. The van der Waals surface area contributed by atoms with Crippen molar-refractivity contribution < 1.29 is 29.0 Å². The van der Waals surface area contributed by atoms with Crippen LogP contribution in [0.5, 0.6) is 0 Å². The van der Waals surface area contributed by atoms with E-state index >= 15 is 0 Å². The quantitative estimate of drug-likeness (QED) is 0.294. The van der Waals surface area contributed by atoms with Crippen LogP contribution in [0.15, 0.2) is 43.0 Å². The number of amides is 2. The number of hydrogen-bond donors (Lipinski definition) is 1. The molecule has 4 rings (SSSR count). The predicted octanol–water partition coefficient (Wildman–Crippen LogP) is 2.30. The van der Waals surface area contributed by atoms with Crippen LogP contribution >= 0.6 is 0 Å². The molecule has 3 fully saturated rings. The van der Waals surface area contributed by atoms with E-state index in [0.717, 1.165) is 5.56 Å². The fourth-order valence-electron chi connectivity index (χ4n) is 6.29. The molecule has 1 spiro atoms. The van der Waals surface area contributed by atoms with E-state index in [1.807, 2.05) is 37.3 Å². The molecule has 1 aromatic carbocycles. The third-order valence-electron chi connectivity index (χ3n) is 7.74. The van der Waals surface area contributed by atoms with Crippen LogP contribution in [0.2, 0.25) is 0 Å². The van der Waals surface area contributed by atoms with Gasteiger partial charge in [0, 0.05) is 26.2 Å². The van der Waals surface area contributed by atoms with Crippen LogP contribution < -0.4 is 0 Å². The van der Waals surface area contributed by atoms with Crippen molar-refractivity contribution in [3.63, 3.8) is 0 Å². The summed E-state index contributed by atoms with van der Waals surface area (Å²) in [7, 11) is 0. The highest BCUT2D eigenvalue weighted by atomic mass is 16.6. The molecule has 1 aromatic rings. The Morgan fingerprint density at radius 3 is 2.69 bits per heavy atom. The molecule has 2 bridgehead atoms. The molecule has 190 valence electrons. The van der Waals surface area contributed by atoms with Gasteiger partial charge in [-0.25, -0.2) is 0 Å². The minimum Gasteiger partial charge on any atom is -0.466 e. The molecule has 5 atom stereocenters. The molecule has 3 saturated heterocycles. The molecule has 0 aliphatic carbocycles. The van der Waals surface area contributed by atoms with E-state index in [2.05, 4.69) is 6.58 Å². The Balaban J connectivity index is 1.72. The van der Waals surface area contributed by atoms with Gasteiger partial charge >= 0.3 is 5.97 Å². The Kier molecular flexibility index (Phi) is 7.33. The smallest absolute Gasteiger partial charge is 0.312 e. The lowest BCUT2D eigenvalue weighted by Crippen LogP contribution is -2.56. The molecule has 0 saturated carbocycles. The highest BCUT2D eigenvalue weighted by Gasteiger charge is 2.78. The van der Waals surface area contributed by atoms with E-state index in [1.54, 1.807) is 22.8 Å². The summed E-state index contributed by atoms with van der Waals surface area (Å²) in [5, 5.41) is 9.30. The summed E-state index contributed by atoms with van der Waals surface area (Å²) in [6, 6.07) is 8.84. The van der Waals surface area contributed by atoms with E-state index < -0.39 is 35.0 Å². The number of ether oxygens (including phenoxy) is 2. The summed E-state index contributed by atoms with van der Waals surface area (Å²) in [4.78, 5) is 44.4. The number of esters is 1. The SMILES string of the molecule is C=CCN(Cc1ccccc1)C(=O)C1N(CCCCO)C(=O)[C@@H]2[C@@H](C(=O)OCC)[C@@]3(C)CCC12O3. The Labute approximate surface area is 206 Å². The lowest BCUT2D eigenvalue weighted by molar-refractivity contribution is -0.160. The highest BCUT2D eigenvalue weighted by Crippen LogP contribution is 2.63. The lowest BCUT2D eigenvalue weighted by Gasteiger charge is -2.37. The number of hydrogen-bond acceptors (Lipinski definition) is 6. The van der Waals surface area contributed by atoms with Gasteiger partial charge in [0.2, 0.25) is 11.8 Å². The van der Waals surface area contributed by atoms with Crippen molar-refractivity contribution in [1.82, 2.24) is 9.80 Å². The molecule has 3 aliphatic rings. The van der Waals surface area contributed by atoms with Gasteiger partial charge in [-0.2, -0.15) is 0 Å². The van der Waals surface area contributed by atoms with Crippen LogP contribution in [0.4, 0.5) is 0 Å². The number of nitrogens with zero attached hydrogens (tertiary/aromatic N) is 2. The molecule has 1 N–H and O–H groups in total. The Morgan fingerprint density at radius 1 is 1.29 bits per heavy atom. The zero-order valence-corrected chi connectivity index (χ0v) is 20.7. The zero-order chi connectivity index (χ0) is 25.2. The van der Waals surface area contributed by atoms with Crippen LogP contribution in [-0.4, -0.2) is 76.2 Å². The third kappa shape index (κ3) is 4.27. The first kappa shape index (κ1) is 25.4. The normalized spacial score (nSPS) is 30.9. The first-order valence-electron chi connectivity index (χ1n) is 12.5. The minimum atomic E-state index is -1.07. The number of aliphatic hydroxyl groups excluding tert-OH is 1. The number of aliphatic hydroxyl groups is 1. The minimum absolute atomic E-state index is 0.00579. The molecule has 3 heterocycles. The predicted molar refractivity (Wildman–Crippen MR) is 129 cm³/mol. The van der Waals surface area contributed by atoms with Crippen molar-refractivity contribution in [2.45, 2.75) is 63.3 Å². The number of benzene rings is 1. The molecular weight excluding hydrogens is 448 g/mol. The number of carbonyl (C=O) groups is 3. The molecule has 35 heavy (non-hydrogen) atoms. The van der Waals surface area contributed by atoms with Crippen LogP contribution in [0.3, 0.4) is 0 Å². The molecule has 8 heteroatoms. The third-order valence-corrected chi connectivity index (χ3v) is 7.74. The second-order valence-electron chi connectivity index (χ2n) is 9.93. The topological polar surface area (TPSA) is 96.4 Å². The molecular formula is C27H36N2O6. The van der Waals surface area contributed by atoms with Crippen molar-refractivity contribution in [2.75, 3.05) is 26.3 Å². The van der Waals surface area contributed by atoms with Crippen molar-refractivity contribution in [1.29, 1.82) is 0 Å². The monoisotopic (exact) mass is 484 g/mol. The van der Waals surface area contributed by atoms with Crippen molar-refractivity contribution in [3.8, 4) is 0 Å². The van der Waals surface area contributed by atoms with Crippen LogP contribution in [0, 0.1) is 11.8 Å². The number of carbonyl (C=O) groups excluding carboxylic acids is 3. The van der Waals surface area contributed by atoms with Crippen LogP contribution in [0.25, 0.3) is 0 Å². The Morgan fingerprint density at radius 2 is 2.03 bits per heavy atom. The van der Waals surface area contributed by atoms with Crippen molar-refractivity contribution in [3.05, 3.63) is 48.6 Å². The first-order chi connectivity index (χ1) is 16.8. The summed E-state index contributed by atoms with van der Waals surface area (Å²) in [5.41, 5.74) is -0.943. The average molecular weight is 485 g/mol. The van der Waals surface area contributed by atoms with E-state index in [1.165, 1.54) is 0 Å². The molecule has 0 aromatic heterocycles. The van der Waals surface area contributed by atoms with Crippen molar-refractivity contribution in [2.24, 2.45) is 11.8 Å². The van der Waals surface area contributed by atoms with Gasteiger partial charge in [-0.3, -0.25) is 14.4 Å². The largest absolute Gasteiger partial charge is 0.466 e. The average Bonchev–Trinajstić information content (AvgIpc) is 3.40. The maximum absolute atomic E-state index is 14.2. The van der Waals surface area contributed by atoms with Gasteiger partial charge in [0.1, 0.15) is 17.6 Å². The second-order valence-corrected chi connectivity index (χ2v) is 9.93. The Hall–Kier alpha value is -2.71. The summed E-state index contributed by atoms with van der Waals surface area (Å²) in [6.07, 6.45) is 3.85. The van der Waals surface area contributed by atoms with Gasteiger partial charge in [-0.15, -0.1) is 6.58 Å².